The standard InChI is InChI=1S/C23H25BrN4O4S/c1-15(2)32-13-5-12-28-22(31)18-6-3-4-7-19(18)25-23(28)33-14-20(29)26-27-21(30)16-8-10-17(24)11-9-16/h3-4,6-11,15H,5,12-14H2,1-2H3,(H,26,29)(H,27,30). The molecule has 1 aromatic heterocycles. The molecule has 1 heterocycles. The predicted octanol–water partition coefficient (Wildman–Crippen LogP) is 3.53. The fourth-order valence-electron chi connectivity index (χ4n) is 2.96. The Balaban J connectivity index is 1.65. The highest BCUT2D eigenvalue weighted by molar-refractivity contribution is 9.10. The molecule has 0 atom stereocenters. The zero-order valence-electron chi connectivity index (χ0n) is 18.3. The maximum atomic E-state index is 13.0. The third kappa shape index (κ3) is 7.15. The third-order valence-corrected chi connectivity index (χ3v) is 6.06. The van der Waals surface area contributed by atoms with Crippen molar-refractivity contribution in [3.05, 3.63) is 68.9 Å². The highest BCUT2D eigenvalue weighted by atomic mass is 79.9. The maximum Gasteiger partial charge on any atom is 0.269 e. The van der Waals surface area contributed by atoms with Gasteiger partial charge in [0, 0.05) is 23.2 Å². The molecule has 10 heteroatoms. The molecule has 2 aromatic carbocycles. The van der Waals surface area contributed by atoms with Gasteiger partial charge in [0.25, 0.3) is 11.5 Å². The molecule has 33 heavy (non-hydrogen) atoms. The van der Waals surface area contributed by atoms with Crippen LogP contribution in [0.15, 0.2) is 63.0 Å². The van der Waals surface area contributed by atoms with Crippen LogP contribution in [-0.4, -0.2) is 39.8 Å². The van der Waals surface area contributed by atoms with Gasteiger partial charge in [0.15, 0.2) is 5.16 Å². The van der Waals surface area contributed by atoms with Gasteiger partial charge in [0.2, 0.25) is 5.91 Å². The van der Waals surface area contributed by atoms with Crippen molar-refractivity contribution in [2.75, 3.05) is 12.4 Å². The van der Waals surface area contributed by atoms with Gasteiger partial charge in [-0.05, 0) is 56.7 Å². The number of ether oxygens (including phenoxy) is 1. The molecule has 3 rings (SSSR count). The van der Waals surface area contributed by atoms with E-state index in [-0.39, 0.29) is 17.4 Å². The minimum absolute atomic E-state index is 0.0199. The molecule has 0 bridgehead atoms. The van der Waals surface area contributed by atoms with Crippen LogP contribution in [0.1, 0.15) is 30.6 Å². The molecule has 0 aliphatic rings. The first-order chi connectivity index (χ1) is 15.8. The topological polar surface area (TPSA) is 102 Å². The second-order valence-electron chi connectivity index (χ2n) is 7.44. The first-order valence-electron chi connectivity index (χ1n) is 10.4. The zero-order chi connectivity index (χ0) is 23.8. The lowest BCUT2D eigenvalue weighted by atomic mass is 10.2. The van der Waals surface area contributed by atoms with Crippen molar-refractivity contribution in [3.63, 3.8) is 0 Å². The van der Waals surface area contributed by atoms with E-state index in [1.54, 1.807) is 47.0 Å². The van der Waals surface area contributed by atoms with Crippen LogP contribution in [0.2, 0.25) is 0 Å². The second kappa shape index (κ2) is 12.0. The van der Waals surface area contributed by atoms with E-state index >= 15 is 0 Å². The number of hydrazine groups is 1. The lowest BCUT2D eigenvalue weighted by molar-refractivity contribution is -0.119. The molecule has 0 spiro atoms. The second-order valence-corrected chi connectivity index (χ2v) is 9.30. The summed E-state index contributed by atoms with van der Waals surface area (Å²) in [6.45, 7) is 4.86. The predicted molar refractivity (Wildman–Crippen MR) is 132 cm³/mol. The molecule has 0 fully saturated rings. The number of amides is 2. The number of para-hydroxylation sites is 1. The van der Waals surface area contributed by atoms with E-state index in [4.69, 9.17) is 4.74 Å². The molecule has 0 saturated carbocycles. The Bertz CT molecular complexity index is 1180. The number of carbonyl (C=O) groups excluding carboxylic acids is 2. The molecule has 0 unspecified atom stereocenters. The van der Waals surface area contributed by atoms with Crippen molar-refractivity contribution >= 4 is 50.4 Å². The summed E-state index contributed by atoms with van der Waals surface area (Å²) in [5.41, 5.74) is 5.62. The number of nitrogens with one attached hydrogen (secondary N) is 2. The fraction of sp³-hybridized carbons (Fsp3) is 0.304. The monoisotopic (exact) mass is 532 g/mol. The molecule has 0 aliphatic heterocycles. The summed E-state index contributed by atoms with van der Waals surface area (Å²) in [4.78, 5) is 42.1. The summed E-state index contributed by atoms with van der Waals surface area (Å²) in [6.07, 6.45) is 0.753. The van der Waals surface area contributed by atoms with Crippen molar-refractivity contribution in [1.82, 2.24) is 20.4 Å². The Morgan fingerprint density at radius 1 is 1.12 bits per heavy atom. The van der Waals surface area contributed by atoms with Crippen molar-refractivity contribution in [2.45, 2.75) is 38.1 Å². The van der Waals surface area contributed by atoms with Crippen molar-refractivity contribution < 1.29 is 14.3 Å². The lowest BCUT2D eigenvalue weighted by Gasteiger charge is -2.14. The molecule has 2 amide bonds. The van der Waals surface area contributed by atoms with Gasteiger partial charge in [0.1, 0.15) is 0 Å². The Hall–Kier alpha value is -2.69. The third-order valence-electron chi connectivity index (χ3n) is 4.56. The Labute approximate surface area is 204 Å². The van der Waals surface area contributed by atoms with Crippen LogP contribution in [0.5, 0.6) is 0 Å². The maximum absolute atomic E-state index is 13.0. The minimum Gasteiger partial charge on any atom is -0.379 e. The number of nitrogens with zero attached hydrogens (tertiary/aromatic N) is 2. The van der Waals surface area contributed by atoms with Crippen LogP contribution in [0.3, 0.4) is 0 Å². The summed E-state index contributed by atoms with van der Waals surface area (Å²) in [5, 5.41) is 0.968. The molecule has 0 radical (unpaired) electrons. The van der Waals surface area contributed by atoms with E-state index in [1.165, 1.54) is 0 Å². The van der Waals surface area contributed by atoms with E-state index < -0.39 is 11.8 Å². The van der Waals surface area contributed by atoms with E-state index in [2.05, 4.69) is 31.8 Å². The van der Waals surface area contributed by atoms with Crippen molar-refractivity contribution in [3.8, 4) is 0 Å². The van der Waals surface area contributed by atoms with Gasteiger partial charge in [-0.2, -0.15) is 0 Å². The minimum atomic E-state index is -0.424. The Morgan fingerprint density at radius 2 is 1.85 bits per heavy atom. The van der Waals surface area contributed by atoms with Crippen LogP contribution in [0, 0.1) is 0 Å². The molecular weight excluding hydrogens is 508 g/mol. The van der Waals surface area contributed by atoms with Gasteiger partial charge in [-0.3, -0.25) is 29.8 Å². The van der Waals surface area contributed by atoms with Crippen LogP contribution >= 0.6 is 27.7 Å². The normalized spacial score (nSPS) is 11.0. The molecule has 0 saturated heterocycles. The summed E-state index contributed by atoms with van der Waals surface area (Å²) in [5.74, 6) is -0.859. The van der Waals surface area contributed by atoms with Gasteiger partial charge in [-0.25, -0.2) is 4.98 Å². The summed E-state index contributed by atoms with van der Waals surface area (Å²) in [7, 11) is 0. The van der Waals surface area contributed by atoms with E-state index in [0.717, 1.165) is 16.2 Å². The van der Waals surface area contributed by atoms with Crippen molar-refractivity contribution in [2.24, 2.45) is 0 Å². The van der Waals surface area contributed by atoms with Crippen LogP contribution in [-0.2, 0) is 16.1 Å². The molecule has 174 valence electrons. The van der Waals surface area contributed by atoms with Crippen molar-refractivity contribution in [1.29, 1.82) is 0 Å². The Morgan fingerprint density at radius 3 is 2.58 bits per heavy atom. The van der Waals surface area contributed by atoms with Gasteiger partial charge in [0.05, 0.1) is 22.8 Å². The first-order valence-corrected chi connectivity index (χ1v) is 12.2. The largest absolute Gasteiger partial charge is 0.379 e. The average Bonchev–Trinajstić information content (AvgIpc) is 2.80. The highest BCUT2D eigenvalue weighted by Gasteiger charge is 2.14. The van der Waals surface area contributed by atoms with Gasteiger partial charge in [-0.15, -0.1) is 0 Å². The lowest BCUT2D eigenvalue weighted by Crippen LogP contribution is -2.42. The van der Waals surface area contributed by atoms with E-state index in [9.17, 15) is 14.4 Å². The summed E-state index contributed by atoms with van der Waals surface area (Å²) < 4.78 is 8.00. The molecule has 3 aromatic rings. The summed E-state index contributed by atoms with van der Waals surface area (Å²) in [6, 6.07) is 13.9. The highest BCUT2D eigenvalue weighted by Crippen LogP contribution is 2.18. The zero-order valence-corrected chi connectivity index (χ0v) is 20.7. The van der Waals surface area contributed by atoms with Crippen LogP contribution in [0.4, 0.5) is 0 Å². The SMILES string of the molecule is CC(C)OCCCn1c(SCC(=O)NNC(=O)c2ccc(Br)cc2)nc2ccccc2c1=O. The number of thioether (sulfide) groups is 1. The van der Waals surface area contributed by atoms with Crippen LogP contribution < -0.4 is 16.4 Å². The number of rotatable bonds is 9. The molecule has 2 N–H and O–H groups in total. The molecular formula is C23H25BrN4O4S. The number of benzene rings is 2. The molecule has 8 nitrogen and oxygen atoms in total. The first kappa shape index (κ1) is 24.9. The quantitative estimate of drug-likeness (QED) is 0.189. The number of hydrogen-bond acceptors (Lipinski definition) is 6. The number of aromatic nitrogens is 2. The molecule has 0 aliphatic carbocycles. The van der Waals surface area contributed by atoms with Crippen LogP contribution in [0.25, 0.3) is 10.9 Å². The number of hydrogen-bond donors (Lipinski definition) is 2. The van der Waals surface area contributed by atoms with Gasteiger partial charge in [-0.1, -0.05) is 39.8 Å². The average molecular weight is 533 g/mol. The Kier molecular flexibility index (Phi) is 9.04. The number of fused-ring (bicyclic) bond motifs is 1. The number of carbonyl (C=O) groups is 2. The van der Waals surface area contributed by atoms with Gasteiger partial charge >= 0.3 is 0 Å². The van der Waals surface area contributed by atoms with E-state index in [0.29, 0.717) is 41.2 Å². The smallest absolute Gasteiger partial charge is 0.269 e. The fourth-order valence-corrected chi connectivity index (χ4v) is 4.05. The van der Waals surface area contributed by atoms with Gasteiger partial charge < -0.3 is 4.74 Å². The number of halogens is 1. The van der Waals surface area contributed by atoms with E-state index in [1.807, 2.05) is 19.9 Å². The summed E-state index contributed by atoms with van der Waals surface area (Å²) >= 11 is 4.45.